The molecule has 0 heterocycles. The van der Waals surface area contributed by atoms with Crippen LogP contribution in [0.5, 0.6) is 0 Å². The molecular formula is C14H16ClNO3. The number of hydrogen-bond donors (Lipinski definition) is 0. The second-order valence-electron chi connectivity index (χ2n) is 4.48. The maximum atomic E-state index is 12.4. The Hall–Kier alpha value is -1.55. The largest absolute Gasteiger partial charge is 0.465 e. The van der Waals surface area contributed by atoms with E-state index in [4.69, 9.17) is 16.3 Å². The van der Waals surface area contributed by atoms with Crippen LogP contribution in [0.2, 0.25) is 5.02 Å². The third kappa shape index (κ3) is 3.70. The van der Waals surface area contributed by atoms with E-state index in [1.807, 2.05) is 0 Å². The molecule has 0 atom stereocenters. The predicted octanol–water partition coefficient (Wildman–Crippen LogP) is 2.51. The van der Waals surface area contributed by atoms with Crippen LogP contribution < -0.4 is 0 Å². The Bertz CT molecular complexity index is 468. The molecule has 1 saturated carbocycles. The van der Waals surface area contributed by atoms with Gasteiger partial charge in [0.1, 0.15) is 6.54 Å². The second kappa shape index (κ2) is 6.06. The summed E-state index contributed by atoms with van der Waals surface area (Å²) in [6, 6.07) is 6.85. The number of rotatable bonds is 5. The highest BCUT2D eigenvalue weighted by Gasteiger charge is 2.34. The Kier molecular flexibility index (Phi) is 4.43. The molecule has 0 radical (unpaired) electrons. The minimum atomic E-state index is -0.364. The van der Waals surface area contributed by atoms with Gasteiger partial charge in [0, 0.05) is 16.6 Å². The summed E-state index contributed by atoms with van der Waals surface area (Å²) in [5.74, 6) is -0.510. The number of benzene rings is 1. The Balaban J connectivity index is 2.08. The number of ether oxygens (including phenoxy) is 1. The van der Waals surface area contributed by atoms with E-state index in [2.05, 4.69) is 0 Å². The molecule has 2 rings (SSSR count). The average Bonchev–Trinajstić information content (AvgIpc) is 3.21. The fourth-order valence-corrected chi connectivity index (χ4v) is 1.98. The second-order valence-corrected chi connectivity index (χ2v) is 4.91. The van der Waals surface area contributed by atoms with Crippen LogP contribution in [0.15, 0.2) is 24.3 Å². The van der Waals surface area contributed by atoms with Crippen molar-refractivity contribution in [3.05, 3.63) is 34.9 Å². The lowest BCUT2D eigenvalue weighted by atomic mass is 10.2. The number of carbonyl (C=O) groups is 2. The van der Waals surface area contributed by atoms with Gasteiger partial charge in [0.15, 0.2) is 0 Å². The topological polar surface area (TPSA) is 46.6 Å². The Morgan fingerprint density at radius 3 is 2.47 bits per heavy atom. The SMILES string of the molecule is CCOC(=O)CN(C(=O)c1ccc(Cl)cc1)C1CC1. The lowest BCUT2D eigenvalue weighted by Crippen LogP contribution is -2.38. The van der Waals surface area contributed by atoms with Crippen molar-refractivity contribution in [1.29, 1.82) is 0 Å². The minimum absolute atomic E-state index is 0.0139. The van der Waals surface area contributed by atoms with Crippen LogP contribution >= 0.6 is 11.6 Å². The fourth-order valence-electron chi connectivity index (χ4n) is 1.86. The predicted molar refractivity (Wildman–Crippen MR) is 72.1 cm³/mol. The summed E-state index contributed by atoms with van der Waals surface area (Å²) in [5.41, 5.74) is 0.542. The molecule has 19 heavy (non-hydrogen) atoms. The maximum absolute atomic E-state index is 12.4. The van der Waals surface area contributed by atoms with Crippen molar-refractivity contribution in [3.8, 4) is 0 Å². The molecule has 5 heteroatoms. The summed E-state index contributed by atoms with van der Waals surface area (Å²) in [4.78, 5) is 25.5. The van der Waals surface area contributed by atoms with Crippen LogP contribution in [-0.2, 0) is 9.53 Å². The number of esters is 1. The third-order valence-corrected chi connectivity index (χ3v) is 3.20. The standard InChI is InChI=1S/C14H16ClNO3/c1-2-19-13(17)9-16(12-7-8-12)14(18)10-3-5-11(15)6-4-10/h3-6,12H,2,7-9H2,1H3. The van der Waals surface area contributed by atoms with E-state index in [9.17, 15) is 9.59 Å². The third-order valence-electron chi connectivity index (χ3n) is 2.94. The number of carbonyl (C=O) groups excluding carboxylic acids is 2. The molecule has 4 nitrogen and oxygen atoms in total. The first-order chi connectivity index (χ1) is 9.11. The van der Waals surface area contributed by atoms with Crippen LogP contribution in [-0.4, -0.2) is 36.0 Å². The minimum Gasteiger partial charge on any atom is -0.465 e. The van der Waals surface area contributed by atoms with Crippen LogP contribution in [0.3, 0.4) is 0 Å². The summed E-state index contributed by atoms with van der Waals surface area (Å²) < 4.78 is 4.90. The van der Waals surface area contributed by atoms with Crippen molar-refractivity contribution in [2.75, 3.05) is 13.2 Å². The van der Waals surface area contributed by atoms with Gasteiger partial charge < -0.3 is 9.64 Å². The van der Waals surface area contributed by atoms with Gasteiger partial charge in [-0.3, -0.25) is 9.59 Å². The van der Waals surface area contributed by atoms with Crippen LogP contribution in [0, 0.1) is 0 Å². The van der Waals surface area contributed by atoms with Gasteiger partial charge in [0.05, 0.1) is 6.61 Å². The summed E-state index contributed by atoms with van der Waals surface area (Å²) in [6.45, 7) is 2.09. The van der Waals surface area contributed by atoms with E-state index in [1.54, 1.807) is 36.1 Å². The molecule has 102 valence electrons. The molecule has 1 aromatic rings. The highest BCUT2D eigenvalue weighted by molar-refractivity contribution is 6.30. The quantitative estimate of drug-likeness (QED) is 0.779. The van der Waals surface area contributed by atoms with Crippen LogP contribution in [0.25, 0.3) is 0 Å². The van der Waals surface area contributed by atoms with E-state index in [0.29, 0.717) is 17.2 Å². The molecule has 1 aliphatic carbocycles. The molecule has 0 N–H and O–H groups in total. The van der Waals surface area contributed by atoms with Crippen molar-refractivity contribution in [1.82, 2.24) is 4.90 Å². The monoisotopic (exact) mass is 281 g/mol. The number of nitrogens with zero attached hydrogens (tertiary/aromatic N) is 1. The van der Waals surface area contributed by atoms with Crippen LogP contribution in [0.1, 0.15) is 30.1 Å². The van der Waals surface area contributed by atoms with Crippen molar-refractivity contribution in [3.63, 3.8) is 0 Å². The van der Waals surface area contributed by atoms with Gasteiger partial charge in [-0.05, 0) is 44.0 Å². The zero-order valence-electron chi connectivity index (χ0n) is 10.8. The van der Waals surface area contributed by atoms with E-state index >= 15 is 0 Å². The van der Waals surface area contributed by atoms with Gasteiger partial charge >= 0.3 is 5.97 Å². The van der Waals surface area contributed by atoms with E-state index < -0.39 is 0 Å². The first-order valence-corrected chi connectivity index (χ1v) is 6.71. The van der Waals surface area contributed by atoms with E-state index in [-0.39, 0.29) is 24.5 Å². The van der Waals surface area contributed by atoms with Crippen molar-refractivity contribution < 1.29 is 14.3 Å². The Labute approximate surface area is 117 Å². The molecular weight excluding hydrogens is 266 g/mol. The zero-order chi connectivity index (χ0) is 13.8. The van der Waals surface area contributed by atoms with Crippen molar-refractivity contribution in [2.45, 2.75) is 25.8 Å². The molecule has 1 fully saturated rings. The van der Waals surface area contributed by atoms with Gasteiger partial charge in [-0.1, -0.05) is 11.6 Å². The van der Waals surface area contributed by atoms with Gasteiger partial charge in [0.2, 0.25) is 0 Å². The Morgan fingerprint density at radius 2 is 1.95 bits per heavy atom. The van der Waals surface area contributed by atoms with Gasteiger partial charge in [-0.15, -0.1) is 0 Å². The van der Waals surface area contributed by atoms with Crippen molar-refractivity contribution >= 4 is 23.5 Å². The molecule has 0 unspecified atom stereocenters. The van der Waals surface area contributed by atoms with E-state index in [0.717, 1.165) is 12.8 Å². The maximum Gasteiger partial charge on any atom is 0.325 e. The summed E-state index contributed by atoms with van der Waals surface area (Å²) in [7, 11) is 0. The number of halogens is 1. The van der Waals surface area contributed by atoms with Gasteiger partial charge in [0.25, 0.3) is 5.91 Å². The van der Waals surface area contributed by atoms with Gasteiger partial charge in [-0.25, -0.2) is 0 Å². The fraction of sp³-hybridized carbons (Fsp3) is 0.429. The molecule has 0 bridgehead atoms. The lowest BCUT2D eigenvalue weighted by molar-refractivity contribution is -0.144. The number of hydrogen-bond acceptors (Lipinski definition) is 3. The molecule has 1 aliphatic rings. The zero-order valence-corrected chi connectivity index (χ0v) is 11.5. The molecule has 0 saturated heterocycles. The molecule has 0 aliphatic heterocycles. The molecule has 0 aromatic heterocycles. The summed E-state index contributed by atoms with van der Waals surface area (Å²) in [6.07, 6.45) is 1.89. The van der Waals surface area contributed by atoms with Crippen LogP contribution in [0.4, 0.5) is 0 Å². The Morgan fingerprint density at radius 1 is 1.32 bits per heavy atom. The number of amides is 1. The summed E-state index contributed by atoms with van der Waals surface area (Å²) >= 11 is 5.80. The smallest absolute Gasteiger partial charge is 0.325 e. The lowest BCUT2D eigenvalue weighted by Gasteiger charge is -2.21. The normalized spacial score (nSPS) is 14.0. The average molecular weight is 282 g/mol. The van der Waals surface area contributed by atoms with Gasteiger partial charge in [-0.2, -0.15) is 0 Å². The highest BCUT2D eigenvalue weighted by Crippen LogP contribution is 2.28. The molecule has 1 aromatic carbocycles. The molecule has 1 amide bonds. The first-order valence-electron chi connectivity index (χ1n) is 6.34. The molecule has 0 spiro atoms. The van der Waals surface area contributed by atoms with Crippen molar-refractivity contribution in [2.24, 2.45) is 0 Å². The highest BCUT2D eigenvalue weighted by atomic mass is 35.5. The first kappa shape index (κ1) is 13.9. The summed E-state index contributed by atoms with van der Waals surface area (Å²) in [5, 5.41) is 0.583. The van der Waals surface area contributed by atoms with E-state index in [1.165, 1.54) is 0 Å².